The Balaban J connectivity index is 1.44. The van der Waals surface area contributed by atoms with Crippen molar-refractivity contribution in [2.75, 3.05) is 13.1 Å². The molecule has 1 fully saturated rings. The molecule has 0 saturated carbocycles. The summed E-state index contributed by atoms with van der Waals surface area (Å²) in [6.45, 7) is 2.64. The van der Waals surface area contributed by atoms with Crippen LogP contribution in [0.5, 0.6) is 0 Å². The average molecular weight is 327 g/mol. The van der Waals surface area contributed by atoms with Crippen LogP contribution in [0, 0.1) is 5.82 Å². The van der Waals surface area contributed by atoms with E-state index in [0.29, 0.717) is 24.0 Å². The van der Waals surface area contributed by atoms with Crippen molar-refractivity contribution in [2.45, 2.75) is 25.4 Å². The number of nitrogens with zero attached hydrogens (tertiary/aromatic N) is 5. The lowest BCUT2D eigenvalue weighted by Crippen LogP contribution is -2.36. The van der Waals surface area contributed by atoms with Gasteiger partial charge in [0.25, 0.3) is 0 Å². The molecule has 7 heteroatoms. The van der Waals surface area contributed by atoms with Gasteiger partial charge in [0.2, 0.25) is 5.89 Å². The van der Waals surface area contributed by atoms with Crippen LogP contribution >= 0.6 is 0 Å². The Morgan fingerprint density at radius 1 is 1.33 bits per heavy atom. The molecule has 0 spiro atoms. The second kappa shape index (κ2) is 6.52. The number of hydrogen-bond acceptors (Lipinski definition) is 5. The van der Waals surface area contributed by atoms with Gasteiger partial charge < -0.3 is 4.42 Å². The van der Waals surface area contributed by atoms with Crippen molar-refractivity contribution >= 4 is 0 Å². The van der Waals surface area contributed by atoms with Gasteiger partial charge in [0.1, 0.15) is 24.7 Å². The minimum Gasteiger partial charge on any atom is -0.444 e. The summed E-state index contributed by atoms with van der Waals surface area (Å²) in [4.78, 5) is 10.9. The van der Waals surface area contributed by atoms with Gasteiger partial charge in [-0.05, 0) is 37.6 Å². The van der Waals surface area contributed by atoms with E-state index in [1.54, 1.807) is 31.1 Å². The Labute approximate surface area is 138 Å². The second-order valence-electron chi connectivity index (χ2n) is 6.06. The standard InChI is InChI=1S/C17H18FN5O/c18-14-4-1-3-13(7-14)17-21-15(10-24-17)8-22-6-2-5-16(9-22)23-12-19-11-20-23/h1,3-4,7,10-12,16H,2,5-6,8-9H2. The maximum Gasteiger partial charge on any atom is 0.226 e. The quantitative estimate of drug-likeness (QED) is 0.737. The van der Waals surface area contributed by atoms with Crippen molar-refractivity contribution in [3.05, 3.63) is 54.7 Å². The van der Waals surface area contributed by atoms with E-state index in [1.807, 2.05) is 4.68 Å². The zero-order chi connectivity index (χ0) is 16.4. The Hall–Kier alpha value is -2.54. The summed E-state index contributed by atoms with van der Waals surface area (Å²) < 4.78 is 20.8. The third-order valence-corrected chi connectivity index (χ3v) is 4.30. The molecule has 1 unspecified atom stereocenters. The number of oxazole rings is 1. The lowest BCUT2D eigenvalue weighted by Gasteiger charge is -2.31. The van der Waals surface area contributed by atoms with Crippen LogP contribution in [-0.4, -0.2) is 37.7 Å². The fourth-order valence-corrected chi connectivity index (χ4v) is 3.16. The van der Waals surface area contributed by atoms with Crippen LogP contribution in [0.25, 0.3) is 11.5 Å². The molecule has 24 heavy (non-hydrogen) atoms. The van der Waals surface area contributed by atoms with Gasteiger partial charge in [0, 0.05) is 18.7 Å². The predicted molar refractivity (Wildman–Crippen MR) is 85.5 cm³/mol. The van der Waals surface area contributed by atoms with Crippen molar-refractivity contribution in [1.29, 1.82) is 0 Å². The molecule has 0 amide bonds. The van der Waals surface area contributed by atoms with E-state index in [0.717, 1.165) is 31.6 Å². The molecule has 3 heterocycles. The Morgan fingerprint density at radius 2 is 2.29 bits per heavy atom. The summed E-state index contributed by atoms with van der Waals surface area (Å²) in [6.07, 6.45) is 7.21. The third kappa shape index (κ3) is 3.21. The van der Waals surface area contributed by atoms with E-state index in [2.05, 4.69) is 20.0 Å². The van der Waals surface area contributed by atoms with Crippen molar-refractivity contribution in [2.24, 2.45) is 0 Å². The highest BCUT2D eigenvalue weighted by Crippen LogP contribution is 2.23. The smallest absolute Gasteiger partial charge is 0.226 e. The van der Waals surface area contributed by atoms with Crippen LogP contribution in [0.4, 0.5) is 4.39 Å². The number of halogens is 1. The van der Waals surface area contributed by atoms with Gasteiger partial charge in [0.15, 0.2) is 0 Å². The minimum atomic E-state index is -0.293. The zero-order valence-corrected chi connectivity index (χ0v) is 13.2. The first kappa shape index (κ1) is 15.0. The van der Waals surface area contributed by atoms with Crippen LogP contribution in [-0.2, 0) is 6.54 Å². The van der Waals surface area contributed by atoms with Crippen molar-refractivity contribution in [3.8, 4) is 11.5 Å². The molecule has 1 aliphatic rings. The maximum absolute atomic E-state index is 13.3. The van der Waals surface area contributed by atoms with E-state index in [9.17, 15) is 4.39 Å². The van der Waals surface area contributed by atoms with E-state index < -0.39 is 0 Å². The molecule has 6 nitrogen and oxygen atoms in total. The molecular weight excluding hydrogens is 309 g/mol. The highest BCUT2D eigenvalue weighted by atomic mass is 19.1. The monoisotopic (exact) mass is 327 g/mol. The summed E-state index contributed by atoms with van der Waals surface area (Å²) in [5.41, 5.74) is 1.51. The van der Waals surface area contributed by atoms with Gasteiger partial charge in [-0.3, -0.25) is 4.90 Å². The molecule has 1 atom stereocenters. The van der Waals surface area contributed by atoms with Crippen LogP contribution < -0.4 is 0 Å². The molecule has 1 aliphatic heterocycles. The summed E-state index contributed by atoms with van der Waals surface area (Å²) in [6, 6.07) is 6.63. The van der Waals surface area contributed by atoms with Gasteiger partial charge in [0.05, 0.1) is 11.7 Å². The van der Waals surface area contributed by atoms with E-state index >= 15 is 0 Å². The van der Waals surface area contributed by atoms with E-state index in [1.165, 1.54) is 12.1 Å². The van der Waals surface area contributed by atoms with E-state index in [4.69, 9.17) is 4.42 Å². The van der Waals surface area contributed by atoms with Gasteiger partial charge >= 0.3 is 0 Å². The zero-order valence-electron chi connectivity index (χ0n) is 13.2. The first-order valence-electron chi connectivity index (χ1n) is 8.05. The molecule has 124 valence electrons. The van der Waals surface area contributed by atoms with Crippen LogP contribution in [0.3, 0.4) is 0 Å². The molecule has 1 aromatic carbocycles. The maximum atomic E-state index is 13.3. The highest BCUT2D eigenvalue weighted by Gasteiger charge is 2.22. The van der Waals surface area contributed by atoms with Crippen LogP contribution in [0.15, 0.2) is 47.6 Å². The summed E-state index contributed by atoms with van der Waals surface area (Å²) >= 11 is 0. The van der Waals surface area contributed by atoms with E-state index in [-0.39, 0.29) is 5.82 Å². The molecule has 4 rings (SSSR count). The van der Waals surface area contributed by atoms with Crippen LogP contribution in [0.2, 0.25) is 0 Å². The first-order chi connectivity index (χ1) is 11.8. The van der Waals surface area contributed by atoms with Crippen molar-refractivity contribution in [1.82, 2.24) is 24.6 Å². The number of aromatic nitrogens is 4. The molecule has 2 aromatic heterocycles. The fourth-order valence-electron chi connectivity index (χ4n) is 3.16. The Morgan fingerprint density at radius 3 is 3.12 bits per heavy atom. The number of hydrogen-bond donors (Lipinski definition) is 0. The third-order valence-electron chi connectivity index (χ3n) is 4.30. The number of rotatable bonds is 4. The highest BCUT2D eigenvalue weighted by molar-refractivity contribution is 5.52. The van der Waals surface area contributed by atoms with Gasteiger partial charge in [-0.25, -0.2) is 19.0 Å². The van der Waals surface area contributed by atoms with Gasteiger partial charge in [-0.2, -0.15) is 5.10 Å². The molecule has 3 aromatic rings. The molecular formula is C17H18FN5O. The number of likely N-dealkylation sites (tertiary alicyclic amines) is 1. The second-order valence-corrected chi connectivity index (χ2v) is 6.06. The van der Waals surface area contributed by atoms with Gasteiger partial charge in [-0.15, -0.1) is 0 Å². The summed E-state index contributed by atoms with van der Waals surface area (Å²) in [7, 11) is 0. The minimum absolute atomic E-state index is 0.293. The number of benzene rings is 1. The van der Waals surface area contributed by atoms with Crippen LogP contribution in [0.1, 0.15) is 24.6 Å². The topological polar surface area (TPSA) is 60.0 Å². The van der Waals surface area contributed by atoms with Crippen molar-refractivity contribution in [3.63, 3.8) is 0 Å². The SMILES string of the molecule is Fc1cccc(-c2nc(CN3CCCC(n4cncn4)C3)co2)c1. The average Bonchev–Trinajstić information content (AvgIpc) is 3.27. The lowest BCUT2D eigenvalue weighted by molar-refractivity contribution is 0.161. The normalized spacial score (nSPS) is 18.8. The largest absolute Gasteiger partial charge is 0.444 e. The van der Waals surface area contributed by atoms with Gasteiger partial charge in [-0.1, -0.05) is 6.07 Å². The lowest BCUT2D eigenvalue weighted by atomic mass is 10.1. The molecule has 0 N–H and O–H groups in total. The predicted octanol–water partition coefficient (Wildman–Crippen LogP) is 2.91. The Bertz CT molecular complexity index is 801. The molecule has 0 radical (unpaired) electrons. The molecule has 1 saturated heterocycles. The fraction of sp³-hybridized carbons (Fsp3) is 0.353. The molecule has 0 bridgehead atoms. The molecule has 0 aliphatic carbocycles. The number of piperidine rings is 1. The van der Waals surface area contributed by atoms with Crippen molar-refractivity contribution < 1.29 is 8.81 Å². The summed E-state index contributed by atoms with van der Waals surface area (Å²) in [5, 5.41) is 4.24. The Kier molecular flexibility index (Phi) is 4.08. The summed E-state index contributed by atoms with van der Waals surface area (Å²) in [5.74, 6) is 0.160. The first-order valence-corrected chi connectivity index (χ1v) is 8.05.